The third kappa shape index (κ3) is 3.99. The van der Waals surface area contributed by atoms with E-state index in [1.54, 1.807) is 6.92 Å². The third-order valence-corrected chi connectivity index (χ3v) is 2.17. The van der Waals surface area contributed by atoms with Gasteiger partial charge in [-0.1, -0.05) is 0 Å². The number of aliphatic hydroxyl groups excluding tert-OH is 1. The molecule has 0 unspecified atom stereocenters. The van der Waals surface area contributed by atoms with Gasteiger partial charge in [-0.25, -0.2) is 4.79 Å². The van der Waals surface area contributed by atoms with Crippen molar-refractivity contribution in [2.75, 3.05) is 13.2 Å². The standard InChI is InChI=1S/C10H16O5/c1-8(11)2-4-10(5-3-9(12)13)14-6-7-15-10/h3,5,8,11H,2,4,6-7H2,1H3,(H,12,13)/b5-3+/t8-/m0/s1. The van der Waals surface area contributed by atoms with Gasteiger partial charge in [0.25, 0.3) is 0 Å². The Morgan fingerprint density at radius 2 is 2.13 bits per heavy atom. The maximum atomic E-state index is 10.4. The van der Waals surface area contributed by atoms with Crippen LogP contribution >= 0.6 is 0 Å². The number of carbonyl (C=O) groups is 1. The molecule has 1 aliphatic heterocycles. The first-order valence-electron chi connectivity index (χ1n) is 4.92. The fraction of sp³-hybridized carbons (Fsp3) is 0.700. The second kappa shape index (κ2) is 5.25. The van der Waals surface area contributed by atoms with Gasteiger partial charge in [0.1, 0.15) is 0 Å². The van der Waals surface area contributed by atoms with Gasteiger partial charge < -0.3 is 19.7 Å². The molecule has 5 nitrogen and oxygen atoms in total. The zero-order valence-corrected chi connectivity index (χ0v) is 8.68. The summed E-state index contributed by atoms with van der Waals surface area (Å²) in [5, 5.41) is 17.7. The fourth-order valence-corrected chi connectivity index (χ4v) is 1.40. The first kappa shape index (κ1) is 12.2. The van der Waals surface area contributed by atoms with Crippen LogP contribution in [0.3, 0.4) is 0 Å². The second-order valence-corrected chi connectivity index (χ2v) is 3.57. The molecule has 1 fully saturated rings. The van der Waals surface area contributed by atoms with Gasteiger partial charge in [0.05, 0.1) is 19.3 Å². The predicted octanol–water partition coefficient (Wildman–Crippen LogP) is 0.531. The lowest BCUT2D eigenvalue weighted by Crippen LogP contribution is -2.28. The lowest BCUT2D eigenvalue weighted by Gasteiger charge is -2.23. The summed E-state index contributed by atoms with van der Waals surface area (Å²) in [5.74, 6) is -2.00. The Labute approximate surface area is 88.3 Å². The molecule has 2 N–H and O–H groups in total. The van der Waals surface area contributed by atoms with Crippen LogP contribution in [-0.2, 0) is 14.3 Å². The van der Waals surface area contributed by atoms with Crippen LogP contribution in [0.4, 0.5) is 0 Å². The lowest BCUT2D eigenvalue weighted by molar-refractivity contribution is -0.134. The molecule has 0 amide bonds. The number of aliphatic hydroxyl groups is 1. The van der Waals surface area contributed by atoms with Gasteiger partial charge in [-0.2, -0.15) is 0 Å². The van der Waals surface area contributed by atoms with Crippen LogP contribution in [-0.4, -0.2) is 41.3 Å². The van der Waals surface area contributed by atoms with Crippen molar-refractivity contribution < 1.29 is 24.5 Å². The van der Waals surface area contributed by atoms with E-state index in [9.17, 15) is 4.79 Å². The smallest absolute Gasteiger partial charge is 0.328 e. The highest BCUT2D eigenvalue weighted by Gasteiger charge is 2.33. The van der Waals surface area contributed by atoms with Gasteiger partial charge in [0, 0.05) is 12.5 Å². The molecular weight excluding hydrogens is 200 g/mol. The highest BCUT2D eigenvalue weighted by Crippen LogP contribution is 2.27. The summed E-state index contributed by atoms with van der Waals surface area (Å²) in [5.41, 5.74) is 0. The van der Waals surface area contributed by atoms with Crippen molar-refractivity contribution in [2.45, 2.75) is 31.7 Å². The molecule has 0 aromatic carbocycles. The van der Waals surface area contributed by atoms with Crippen molar-refractivity contribution in [3.8, 4) is 0 Å². The highest BCUT2D eigenvalue weighted by atomic mass is 16.7. The van der Waals surface area contributed by atoms with Crippen molar-refractivity contribution in [1.29, 1.82) is 0 Å². The quantitative estimate of drug-likeness (QED) is 0.656. The first-order chi connectivity index (χ1) is 7.04. The molecule has 0 radical (unpaired) electrons. The Kier molecular flexibility index (Phi) is 4.26. The van der Waals surface area contributed by atoms with E-state index in [-0.39, 0.29) is 0 Å². The summed E-state index contributed by atoms with van der Waals surface area (Å²) >= 11 is 0. The predicted molar refractivity (Wildman–Crippen MR) is 52.3 cm³/mol. The minimum Gasteiger partial charge on any atom is -0.478 e. The summed E-state index contributed by atoms with van der Waals surface area (Å²) in [6.45, 7) is 2.57. The molecule has 1 heterocycles. The Morgan fingerprint density at radius 3 is 2.60 bits per heavy atom. The summed E-state index contributed by atoms with van der Waals surface area (Å²) in [6, 6.07) is 0. The van der Waals surface area contributed by atoms with Crippen LogP contribution in [0.15, 0.2) is 12.2 Å². The molecular formula is C10H16O5. The Balaban J connectivity index is 2.57. The second-order valence-electron chi connectivity index (χ2n) is 3.57. The maximum Gasteiger partial charge on any atom is 0.328 e. The number of carboxylic acids is 1. The van der Waals surface area contributed by atoms with Gasteiger partial charge >= 0.3 is 5.97 Å². The van der Waals surface area contributed by atoms with Crippen LogP contribution in [0.1, 0.15) is 19.8 Å². The number of hydrogen-bond donors (Lipinski definition) is 2. The number of carboxylic acid groups (broad SMARTS) is 1. The number of ether oxygens (including phenoxy) is 2. The molecule has 0 aliphatic carbocycles. The number of hydrogen-bond acceptors (Lipinski definition) is 4. The van der Waals surface area contributed by atoms with Crippen molar-refractivity contribution >= 4 is 5.97 Å². The molecule has 1 saturated heterocycles. The zero-order valence-electron chi connectivity index (χ0n) is 8.68. The van der Waals surface area contributed by atoms with E-state index in [1.165, 1.54) is 6.08 Å². The van der Waals surface area contributed by atoms with Gasteiger partial charge in [-0.3, -0.25) is 0 Å². The molecule has 1 rings (SSSR count). The molecule has 15 heavy (non-hydrogen) atoms. The molecule has 0 spiro atoms. The first-order valence-corrected chi connectivity index (χ1v) is 4.92. The molecule has 1 aliphatic rings. The average molecular weight is 216 g/mol. The van der Waals surface area contributed by atoms with Crippen molar-refractivity contribution in [3.63, 3.8) is 0 Å². The Morgan fingerprint density at radius 1 is 1.53 bits per heavy atom. The molecule has 86 valence electrons. The van der Waals surface area contributed by atoms with E-state index in [1.807, 2.05) is 0 Å². The Bertz CT molecular complexity index is 240. The van der Waals surface area contributed by atoms with E-state index in [0.717, 1.165) is 6.08 Å². The van der Waals surface area contributed by atoms with Crippen molar-refractivity contribution in [1.82, 2.24) is 0 Å². The topological polar surface area (TPSA) is 76.0 Å². The van der Waals surface area contributed by atoms with Crippen molar-refractivity contribution in [3.05, 3.63) is 12.2 Å². The van der Waals surface area contributed by atoms with E-state index >= 15 is 0 Å². The number of rotatable bonds is 5. The van der Waals surface area contributed by atoms with E-state index in [2.05, 4.69) is 0 Å². The Hall–Kier alpha value is -0.910. The maximum absolute atomic E-state index is 10.4. The fourth-order valence-electron chi connectivity index (χ4n) is 1.40. The summed E-state index contributed by atoms with van der Waals surface area (Å²) in [7, 11) is 0. The van der Waals surface area contributed by atoms with E-state index < -0.39 is 17.9 Å². The van der Waals surface area contributed by atoms with E-state index in [4.69, 9.17) is 19.7 Å². The molecule has 1 atom stereocenters. The lowest BCUT2D eigenvalue weighted by atomic mass is 10.1. The van der Waals surface area contributed by atoms with Gasteiger partial charge in [-0.05, 0) is 19.4 Å². The minimum atomic E-state index is -1.04. The summed E-state index contributed by atoms with van der Waals surface area (Å²) in [6.07, 6.45) is 2.91. The van der Waals surface area contributed by atoms with Gasteiger partial charge in [0.2, 0.25) is 0 Å². The molecule has 5 heteroatoms. The average Bonchev–Trinajstić information content (AvgIpc) is 2.61. The number of aliphatic carboxylic acids is 1. The highest BCUT2D eigenvalue weighted by molar-refractivity contribution is 5.79. The van der Waals surface area contributed by atoms with Crippen LogP contribution < -0.4 is 0 Å². The monoisotopic (exact) mass is 216 g/mol. The van der Waals surface area contributed by atoms with Crippen LogP contribution in [0.25, 0.3) is 0 Å². The minimum absolute atomic E-state index is 0.448. The molecule has 0 aromatic heterocycles. The van der Waals surface area contributed by atoms with Gasteiger partial charge in [0.15, 0.2) is 5.79 Å². The van der Waals surface area contributed by atoms with Crippen LogP contribution in [0, 0.1) is 0 Å². The van der Waals surface area contributed by atoms with Crippen LogP contribution in [0.2, 0.25) is 0 Å². The normalized spacial score (nSPS) is 22.0. The van der Waals surface area contributed by atoms with Crippen molar-refractivity contribution in [2.24, 2.45) is 0 Å². The third-order valence-electron chi connectivity index (χ3n) is 2.17. The summed E-state index contributed by atoms with van der Waals surface area (Å²) < 4.78 is 10.7. The van der Waals surface area contributed by atoms with Crippen LogP contribution in [0.5, 0.6) is 0 Å². The molecule has 0 saturated carbocycles. The SMILES string of the molecule is C[C@H](O)CCC1(/C=C/C(=O)O)OCCO1. The van der Waals surface area contributed by atoms with E-state index in [0.29, 0.717) is 26.1 Å². The molecule has 0 aromatic rings. The molecule has 0 bridgehead atoms. The largest absolute Gasteiger partial charge is 0.478 e. The zero-order chi connectivity index (χ0) is 11.3. The van der Waals surface area contributed by atoms with Gasteiger partial charge in [-0.15, -0.1) is 0 Å². The summed E-state index contributed by atoms with van der Waals surface area (Å²) in [4.78, 5) is 10.4.